The number of carbonyl (C=O) groups is 1. The number of rotatable bonds is 3. The maximum absolute atomic E-state index is 12.2. The van der Waals surface area contributed by atoms with Crippen molar-refractivity contribution >= 4 is 23.2 Å². The Labute approximate surface area is 142 Å². The van der Waals surface area contributed by atoms with Crippen LogP contribution in [0.3, 0.4) is 0 Å². The molecule has 0 atom stereocenters. The van der Waals surface area contributed by atoms with Crippen molar-refractivity contribution in [3.8, 4) is 11.1 Å². The first-order chi connectivity index (χ1) is 11.1. The third-order valence-corrected chi connectivity index (χ3v) is 4.67. The van der Waals surface area contributed by atoms with Gasteiger partial charge in [0.1, 0.15) is 0 Å². The first-order valence-corrected chi connectivity index (χ1v) is 8.42. The summed E-state index contributed by atoms with van der Waals surface area (Å²) in [4.78, 5) is 14.1. The topological polar surface area (TPSA) is 46.3 Å². The lowest BCUT2D eigenvalue weighted by atomic mass is 9.90. The summed E-state index contributed by atoms with van der Waals surface area (Å²) in [6.07, 6.45) is 2.32. The van der Waals surface area contributed by atoms with Crippen LogP contribution in [0.2, 0.25) is 5.02 Å². The van der Waals surface area contributed by atoms with Crippen molar-refractivity contribution in [3.63, 3.8) is 0 Å². The Morgan fingerprint density at radius 1 is 1.26 bits per heavy atom. The summed E-state index contributed by atoms with van der Waals surface area (Å²) in [7, 11) is 0. The number of nitrogens with zero attached hydrogens (tertiary/aromatic N) is 1. The molecule has 1 aliphatic rings. The summed E-state index contributed by atoms with van der Waals surface area (Å²) in [6, 6.07) is 11.8. The zero-order chi connectivity index (χ0) is 16.4. The van der Waals surface area contributed by atoms with E-state index in [0.29, 0.717) is 18.7 Å². The van der Waals surface area contributed by atoms with Gasteiger partial charge in [-0.2, -0.15) is 0 Å². The van der Waals surface area contributed by atoms with Gasteiger partial charge in [-0.15, -0.1) is 0 Å². The number of fused-ring (bicyclic) bond motifs is 1. The first kappa shape index (κ1) is 15.9. The molecule has 1 aliphatic heterocycles. The highest BCUT2D eigenvalue weighted by atomic mass is 35.5. The fourth-order valence-corrected chi connectivity index (χ4v) is 3.47. The molecule has 0 aliphatic carbocycles. The Kier molecular flexibility index (Phi) is 4.58. The highest BCUT2D eigenvalue weighted by molar-refractivity contribution is 6.33. The predicted octanol–water partition coefficient (Wildman–Crippen LogP) is 4.27. The smallest absolute Gasteiger partial charge is 0.222 e. The minimum absolute atomic E-state index is 0.222. The molecule has 23 heavy (non-hydrogen) atoms. The molecule has 0 unspecified atom stereocenters. The van der Waals surface area contributed by atoms with Crippen molar-refractivity contribution in [3.05, 3.63) is 52.5 Å². The Hall–Kier alpha value is -2.00. The molecule has 0 spiro atoms. The molecule has 2 aromatic rings. The van der Waals surface area contributed by atoms with Gasteiger partial charge in [-0.25, -0.2) is 0 Å². The van der Waals surface area contributed by atoms with E-state index in [1.165, 1.54) is 5.56 Å². The van der Waals surface area contributed by atoms with Gasteiger partial charge in [0, 0.05) is 35.8 Å². The zero-order valence-electron chi connectivity index (χ0n) is 13.3. The average molecular weight is 329 g/mol. The molecule has 0 saturated heterocycles. The van der Waals surface area contributed by atoms with Gasteiger partial charge >= 0.3 is 0 Å². The van der Waals surface area contributed by atoms with E-state index in [0.717, 1.165) is 41.1 Å². The van der Waals surface area contributed by atoms with Gasteiger partial charge in [-0.3, -0.25) is 4.79 Å². The highest BCUT2D eigenvalue weighted by Gasteiger charge is 2.23. The Balaban J connectivity index is 2.01. The van der Waals surface area contributed by atoms with E-state index in [-0.39, 0.29) is 5.91 Å². The molecule has 0 bridgehead atoms. The molecule has 0 fully saturated rings. The molecule has 1 amide bonds. The van der Waals surface area contributed by atoms with Crippen LogP contribution in [0, 0.1) is 0 Å². The fourth-order valence-electron chi connectivity index (χ4n) is 3.23. The standard InChI is InChI=1S/C19H21ClN2O/c1-2-5-19(23)22-9-8-15-13(12-22)10-14(21)11-17(15)16-6-3-4-7-18(16)20/h3-4,6-7,10-11H,2,5,8-9,12,21H2,1H3. The van der Waals surface area contributed by atoms with Gasteiger partial charge in [-0.1, -0.05) is 36.7 Å². The molecule has 1 heterocycles. The van der Waals surface area contributed by atoms with E-state index in [4.69, 9.17) is 17.3 Å². The van der Waals surface area contributed by atoms with Gasteiger partial charge in [0.15, 0.2) is 0 Å². The van der Waals surface area contributed by atoms with Crippen LogP contribution in [0.15, 0.2) is 36.4 Å². The third-order valence-electron chi connectivity index (χ3n) is 4.34. The SMILES string of the molecule is CCCC(=O)N1CCc2c(cc(N)cc2-c2ccccc2Cl)C1. The second-order valence-corrected chi connectivity index (χ2v) is 6.41. The van der Waals surface area contributed by atoms with Gasteiger partial charge in [0.05, 0.1) is 0 Å². The summed E-state index contributed by atoms with van der Waals surface area (Å²) in [5.41, 5.74) is 11.3. The van der Waals surface area contributed by atoms with Crippen molar-refractivity contribution in [2.24, 2.45) is 0 Å². The molecule has 2 aromatic carbocycles. The second-order valence-electron chi connectivity index (χ2n) is 6.00. The molecule has 120 valence electrons. The minimum atomic E-state index is 0.222. The van der Waals surface area contributed by atoms with Crippen LogP contribution in [0.25, 0.3) is 11.1 Å². The summed E-state index contributed by atoms with van der Waals surface area (Å²) < 4.78 is 0. The summed E-state index contributed by atoms with van der Waals surface area (Å²) >= 11 is 6.37. The van der Waals surface area contributed by atoms with Crippen LogP contribution in [-0.4, -0.2) is 17.4 Å². The van der Waals surface area contributed by atoms with Gasteiger partial charge in [0.2, 0.25) is 5.91 Å². The lowest BCUT2D eigenvalue weighted by Gasteiger charge is -2.31. The van der Waals surface area contributed by atoms with Crippen LogP contribution in [0.4, 0.5) is 5.69 Å². The second kappa shape index (κ2) is 6.63. The molecule has 3 rings (SSSR count). The quantitative estimate of drug-likeness (QED) is 0.855. The van der Waals surface area contributed by atoms with Crippen LogP contribution in [-0.2, 0) is 17.8 Å². The number of nitrogen functional groups attached to an aromatic ring is 1. The van der Waals surface area contributed by atoms with Crippen LogP contribution < -0.4 is 5.73 Å². The maximum atomic E-state index is 12.2. The lowest BCUT2D eigenvalue weighted by Crippen LogP contribution is -2.36. The molecule has 4 heteroatoms. The Morgan fingerprint density at radius 3 is 2.78 bits per heavy atom. The van der Waals surface area contributed by atoms with Crippen LogP contribution >= 0.6 is 11.6 Å². The Morgan fingerprint density at radius 2 is 2.04 bits per heavy atom. The van der Waals surface area contributed by atoms with Gasteiger partial charge in [-0.05, 0) is 47.7 Å². The number of halogens is 1. The number of carbonyl (C=O) groups excluding carboxylic acids is 1. The first-order valence-electron chi connectivity index (χ1n) is 8.04. The number of nitrogens with two attached hydrogens (primary N) is 1. The third kappa shape index (κ3) is 3.20. The molecule has 0 radical (unpaired) electrons. The maximum Gasteiger partial charge on any atom is 0.222 e. The molecular formula is C19H21ClN2O. The van der Waals surface area contributed by atoms with E-state index >= 15 is 0 Å². The van der Waals surface area contributed by atoms with Crippen molar-refractivity contribution < 1.29 is 4.79 Å². The molecule has 3 nitrogen and oxygen atoms in total. The van der Waals surface area contributed by atoms with Crippen molar-refractivity contribution in [1.82, 2.24) is 4.90 Å². The van der Waals surface area contributed by atoms with Gasteiger partial charge in [0.25, 0.3) is 0 Å². The lowest BCUT2D eigenvalue weighted by molar-refractivity contribution is -0.132. The molecule has 0 aromatic heterocycles. The zero-order valence-corrected chi connectivity index (χ0v) is 14.1. The molecule has 0 saturated carbocycles. The van der Waals surface area contributed by atoms with Crippen LogP contribution in [0.1, 0.15) is 30.9 Å². The number of hydrogen-bond donors (Lipinski definition) is 1. The average Bonchev–Trinajstić information content (AvgIpc) is 2.54. The molecular weight excluding hydrogens is 308 g/mol. The van der Waals surface area contributed by atoms with E-state index in [1.807, 2.05) is 48.2 Å². The monoisotopic (exact) mass is 328 g/mol. The van der Waals surface area contributed by atoms with Crippen molar-refractivity contribution in [2.75, 3.05) is 12.3 Å². The fraction of sp³-hybridized carbons (Fsp3) is 0.316. The molecule has 2 N–H and O–H groups in total. The summed E-state index contributed by atoms with van der Waals surface area (Å²) in [6.45, 7) is 3.42. The van der Waals surface area contributed by atoms with Crippen molar-refractivity contribution in [1.29, 1.82) is 0 Å². The Bertz CT molecular complexity index is 742. The minimum Gasteiger partial charge on any atom is -0.399 e. The van der Waals surface area contributed by atoms with E-state index in [1.54, 1.807) is 0 Å². The van der Waals surface area contributed by atoms with Crippen molar-refractivity contribution in [2.45, 2.75) is 32.7 Å². The van der Waals surface area contributed by atoms with Gasteiger partial charge < -0.3 is 10.6 Å². The summed E-state index contributed by atoms with van der Waals surface area (Å²) in [5, 5.41) is 0.727. The number of anilines is 1. The number of hydrogen-bond acceptors (Lipinski definition) is 2. The highest BCUT2D eigenvalue weighted by Crippen LogP contribution is 2.36. The normalized spacial score (nSPS) is 13.7. The van der Waals surface area contributed by atoms with E-state index in [2.05, 4.69) is 0 Å². The summed E-state index contributed by atoms with van der Waals surface area (Å²) in [5.74, 6) is 0.222. The van der Waals surface area contributed by atoms with E-state index in [9.17, 15) is 4.79 Å². The number of benzene rings is 2. The van der Waals surface area contributed by atoms with Crippen LogP contribution in [0.5, 0.6) is 0 Å². The number of amides is 1. The van der Waals surface area contributed by atoms with E-state index < -0.39 is 0 Å². The predicted molar refractivity (Wildman–Crippen MR) is 95.3 cm³/mol. The largest absolute Gasteiger partial charge is 0.399 e.